The highest BCUT2D eigenvalue weighted by Gasteiger charge is 2.47. The minimum Gasteiger partial charge on any atom is -0.312 e. The second kappa shape index (κ2) is 2.19. The Morgan fingerprint density at radius 2 is 2.27 bits per heavy atom. The van der Waals surface area contributed by atoms with Gasteiger partial charge >= 0.3 is 0 Å². The van der Waals surface area contributed by atoms with Crippen LogP contribution < -0.4 is 5.73 Å². The molecule has 0 aliphatic carbocycles. The van der Waals surface area contributed by atoms with Crippen LogP contribution in [0.25, 0.3) is 0 Å². The van der Waals surface area contributed by atoms with Gasteiger partial charge in [-0.15, -0.1) is 0 Å². The summed E-state index contributed by atoms with van der Waals surface area (Å²) in [7, 11) is -3.09. The molecule has 1 aliphatic heterocycles. The van der Waals surface area contributed by atoms with E-state index in [9.17, 15) is 8.42 Å². The van der Waals surface area contributed by atoms with Crippen LogP contribution in [0.4, 0.5) is 0 Å². The van der Waals surface area contributed by atoms with Gasteiger partial charge in [0.05, 0.1) is 17.1 Å². The van der Waals surface area contributed by atoms with Gasteiger partial charge in [-0.05, 0) is 13.3 Å². The summed E-state index contributed by atoms with van der Waals surface area (Å²) in [5, 5.41) is 7.87. The molecule has 2 N–H and O–H groups in total. The monoisotopic (exact) mass is 174 g/mol. The van der Waals surface area contributed by atoms with Gasteiger partial charge < -0.3 is 5.73 Å². The molecular weight excluding hydrogens is 164 g/mol. The van der Waals surface area contributed by atoms with Crippen LogP contribution >= 0.6 is 0 Å². The molecule has 0 radical (unpaired) electrons. The summed E-state index contributed by atoms with van der Waals surface area (Å²) < 4.78 is 22.2. The Balaban J connectivity index is 3.08. The third kappa shape index (κ3) is 1.12. The molecule has 4 nitrogen and oxygen atoms in total. The Morgan fingerprint density at radius 1 is 1.73 bits per heavy atom. The molecule has 1 fully saturated rings. The maximum atomic E-state index is 11.1. The van der Waals surface area contributed by atoms with E-state index in [1.54, 1.807) is 0 Å². The molecule has 0 saturated carbocycles. The van der Waals surface area contributed by atoms with Crippen molar-refractivity contribution in [2.75, 3.05) is 5.75 Å². The summed E-state index contributed by atoms with van der Waals surface area (Å²) in [6.07, 6.45) is 0.257. The van der Waals surface area contributed by atoms with Crippen LogP contribution in [0.1, 0.15) is 13.3 Å². The van der Waals surface area contributed by atoms with Crippen LogP contribution in [0.2, 0.25) is 0 Å². The lowest BCUT2D eigenvalue weighted by molar-refractivity contribution is 0.531. The van der Waals surface area contributed by atoms with E-state index in [0.717, 1.165) is 0 Å². The zero-order valence-electron chi connectivity index (χ0n) is 6.24. The van der Waals surface area contributed by atoms with Gasteiger partial charge in [0, 0.05) is 0 Å². The van der Waals surface area contributed by atoms with Crippen molar-refractivity contribution < 1.29 is 8.42 Å². The second-order valence-corrected chi connectivity index (χ2v) is 5.35. The van der Waals surface area contributed by atoms with E-state index in [1.165, 1.54) is 6.92 Å². The molecule has 1 heterocycles. The molecule has 0 amide bonds. The van der Waals surface area contributed by atoms with E-state index in [-0.39, 0.29) is 12.2 Å². The second-order valence-electron chi connectivity index (χ2n) is 2.91. The van der Waals surface area contributed by atoms with Crippen molar-refractivity contribution >= 4 is 9.84 Å². The van der Waals surface area contributed by atoms with Crippen LogP contribution in [-0.2, 0) is 9.84 Å². The smallest absolute Gasteiger partial charge is 0.155 e. The van der Waals surface area contributed by atoms with Crippen molar-refractivity contribution in [2.45, 2.75) is 24.1 Å². The molecule has 1 rings (SSSR count). The standard InChI is InChI=1S/C6H10N2O2S/c1-5-6(8,4-7)2-3-11(5,9)10/h5H,2-3,8H2,1H3. The van der Waals surface area contributed by atoms with Crippen molar-refractivity contribution in [1.82, 2.24) is 0 Å². The topological polar surface area (TPSA) is 83.9 Å². The van der Waals surface area contributed by atoms with E-state index in [1.807, 2.05) is 6.07 Å². The van der Waals surface area contributed by atoms with Gasteiger partial charge in [-0.3, -0.25) is 0 Å². The first-order valence-electron chi connectivity index (χ1n) is 3.34. The number of nitriles is 1. The molecular formula is C6H10N2O2S. The van der Waals surface area contributed by atoms with Gasteiger partial charge in [0.2, 0.25) is 0 Å². The van der Waals surface area contributed by atoms with Gasteiger partial charge in [0.1, 0.15) is 5.54 Å². The number of sulfone groups is 1. The predicted octanol–water partition coefficient (Wildman–Crippen LogP) is -0.586. The Bertz CT molecular complexity index is 303. The zero-order chi connectivity index (χ0) is 8.70. The molecule has 1 saturated heterocycles. The van der Waals surface area contributed by atoms with Crippen LogP contribution in [0.15, 0.2) is 0 Å². The quantitative estimate of drug-likeness (QED) is 0.532. The molecule has 2 unspecified atom stereocenters. The fraction of sp³-hybridized carbons (Fsp3) is 0.833. The molecule has 2 atom stereocenters. The van der Waals surface area contributed by atoms with Gasteiger partial charge in [0.15, 0.2) is 9.84 Å². The summed E-state index contributed by atoms with van der Waals surface area (Å²) in [4.78, 5) is 0. The van der Waals surface area contributed by atoms with Gasteiger partial charge in [-0.25, -0.2) is 8.42 Å². The fourth-order valence-electron chi connectivity index (χ4n) is 1.16. The Morgan fingerprint density at radius 3 is 2.45 bits per heavy atom. The molecule has 0 aromatic heterocycles. The van der Waals surface area contributed by atoms with Crippen LogP contribution in [0, 0.1) is 11.3 Å². The number of nitrogens with two attached hydrogens (primary N) is 1. The summed E-state index contributed by atoms with van der Waals surface area (Å²) in [6.45, 7) is 1.49. The SMILES string of the molecule is CC1C(N)(C#N)CCS1(=O)=O. The third-order valence-corrected chi connectivity index (χ3v) is 4.54. The highest BCUT2D eigenvalue weighted by Crippen LogP contribution is 2.27. The zero-order valence-corrected chi connectivity index (χ0v) is 7.06. The normalized spacial score (nSPS) is 41.7. The van der Waals surface area contributed by atoms with Crippen LogP contribution in [0.3, 0.4) is 0 Å². The van der Waals surface area contributed by atoms with Gasteiger partial charge in [-0.1, -0.05) is 0 Å². The van der Waals surface area contributed by atoms with Gasteiger partial charge in [0.25, 0.3) is 0 Å². The van der Waals surface area contributed by atoms with Crippen LogP contribution in [-0.4, -0.2) is 25.0 Å². The number of nitrogens with zero attached hydrogens (tertiary/aromatic N) is 1. The minimum absolute atomic E-state index is 0.0399. The molecule has 62 valence electrons. The van der Waals surface area contributed by atoms with E-state index >= 15 is 0 Å². The van der Waals surface area contributed by atoms with E-state index in [2.05, 4.69) is 0 Å². The van der Waals surface area contributed by atoms with E-state index < -0.39 is 20.6 Å². The average molecular weight is 174 g/mol. The fourth-order valence-corrected chi connectivity index (χ4v) is 2.95. The van der Waals surface area contributed by atoms with Crippen molar-refractivity contribution in [1.29, 1.82) is 5.26 Å². The molecule has 0 aromatic rings. The van der Waals surface area contributed by atoms with Crippen molar-refractivity contribution in [3.8, 4) is 6.07 Å². The lowest BCUT2D eigenvalue weighted by Crippen LogP contribution is -2.45. The minimum atomic E-state index is -3.09. The first-order chi connectivity index (χ1) is 4.92. The molecule has 5 heteroatoms. The lowest BCUT2D eigenvalue weighted by atomic mass is 9.97. The largest absolute Gasteiger partial charge is 0.312 e. The number of hydrogen-bond donors (Lipinski definition) is 1. The predicted molar refractivity (Wildman–Crippen MR) is 40.4 cm³/mol. The van der Waals surface area contributed by atoms with E-state index in [4.69, 9.17) is 11.0 Å². The Labute approximate surface area is 65.9 Å². The van der Waals surface area contributed by atoms with Crippen molar-refractivity contribution in [2.24, 2.45) is 5.73 Å². The van der Waals surface area contributed by atoms with Crippen LogP contribution in [0.5, 0.6) is 0 Å². The lowest BCUT2D eigenvalue weighted by Gasteiger charge is -2.17. The first-order valence-corrected chi connectivity index (χ1v) is 5.05. The average Bonchev–Trinajstić information content (AvgIpc) is 2.16. The molecule has 0 bridgehead atoms. The molecule has 1 aliphatic rings. The molecule has 0 aromatic carbocycles. The highest BCUT2D eigenvalue weighted by atomic mass is 32.2. The number of hydrogen-bond acceptors (Lipinski definition) is 4. The third-order valence-electron chi connectivity index (χ3n) is 2.27. The van der Waals surface area contributed by atoms with E-state index in [0.29, 0.717) is 0 Å². The Hall–Kier alpha value is -0.600. The molecule has 11 heavy (non-hydrogen) atoms. The summed E-state index contributed by atoms with van der Waals surface area (Å²) in [5.41, 5.74) is 4.38. The maximum absolute atomic E-state index is 11.1. The Kier molecular flexibility index (Phi) is 1.69. The summed E-state index contributed by atoms with van der Waals surface area (Å²) in [6, 6.07) is 1.84. The van der Waals surface area contributed by atoms with Crippen molar-refractivity contribution in [3.05, 3.63) is 0 Å². The molecule has 0 spiro atoms. The first kappa shape index (κ1) is 8.50. The summed E-state index contributed by atoms with van der Waals surface area (Å²) >= 11 is 0. The number of rotatable bonds is 0. The van der Waals surface area contributed by atoms with Crippen molar-refractivity contribution in [3.63, 3.8) is 0 Å². The van der Waals surface area contributed by atoms with Gasteiger partial charge in [-0.2, -0.15) is 5.26 Å². The highest BCUT2D eigenvalue weighted by molar-refractivity contribution is 7.92. The maximum Gasteiger partial charge on any atom is 0.155 e. The summed E-state index contributed by atoms with van der Waals surface area (Å²) in [5.74, 6) is 0.0399.